The lowest BCUT2D eigenvalue weighted by atomic mass is 9.83. The van der Waals surface area contributed by atoms with Crippen molar-refractivity contribution in [1.82, 2.24) is 0 Å². The lowest BCUT2D eigenvalue weighted by molar-refractivity contribution is -0.158. The summed E-state index contributed by atoms with van der Waals surface area (Å²) in [6.07, 6.45) is 1.92. The standard InChI is InChI=1S/C12H17BrF2O2/c1-11(2)16-9-6-3-7(5-12(13,14)15)8(4-6)10(9)17-11/h6-10H,3-5H2,1-2H3. The van der Waals surface area contributed by atoms with E-state index in [-0.39, 0.29) is 30.5 Å². The second-order valence-electron chi connectivity index (χ2n) is 6.04. The predicted octanol–water partition coefficient (Wildman–Crippen LogP) is 3.54. The number of hydrogen-bond donors (Lipinski definition) is 0. The Labute approximate surface area is 108 Å². The summed E-state index contributed by atoms with van der Waals surface area (Å²) in [4.78, 5) is -2.74. The van der Waals surface area contributed by atoms with Gasteiger partial charge in [0.15, 0.2) is 5.79 Å². The van der Waals surface area contributed by atoms with Crippen molar-refractivity contribution in [3.8, 4) is 0 Å². The first-order valence-corrected chi connectivity index (χ1v) is 6.97. The molecule has 1 heterocycles. The first kappa shape index (κ1) is 12.3. The number of ether oxygens (including phenoxy) is 2. The van der Waals surface area contributed by atoms with E-state index in [1.807, 2.05) is 13.8 Å². The van der Waals surface area contributed by atoms with Gasteiger partial charge in [0, 0.05) is 6.42 Å². The number of halogens is 3. The smallest absolute Gasteiger partial charge is 0.301 e. The average molecular weight is 311 g/mol. The van der Waals surface area contributed by atoms with Crippen molar-refractivity contribution in [2.75, 3.05) is 0 Å². The van der Waals surface area contributed by atoms with Crippen LogP contribution in [-0.2, 0) is 9.47 Å². The van der Waals surface area contributed by atoms with Crippen LogP contribution in [-0.4, -0.2) is 22.8 Å². The zero-order valence-corrected chi connectivity index (χ0v) is 11.5. The minimum atomic E-state index is -2.74. The molecule has 0 radical (unpaired) electrons. The highest BCUT2D eigenvalue weighted by molar-refractivity contribution is 9.09. The van der Waals surface area contributed by atoms with E-state index in [1.165, 1.54) is 0 Å². The molecule has 2 saturated carbocycles. The summed E-state index contributed by atoms with van der Waals surface area (Å²) < 4.78 is 37.8. The van der Waals surface area contributed by atoms with Crippen LogP contribution in [0.25, 0.3) is 0 Å². The van der Waals surface area contributed by atoms with Crippen LogP contribution in [0.1, 0.15) is 33.1 Å². The van der Waals surface area contributed by atoms with Crippen LogP contribution >= 0.6 is 15.9 Å². The summed E-state index contributed by atoms with van der Waals surface area (Å²) in [6, 6.07) is 0. The van der Waals surface area contributed by atoms with Crippen molar-refractivity contribution >= 4 is 15.9 Å². The first-order chi connectivity index (χ1) is 7.75. The van der Waals surface area contributed by atoms with Crippen LogP contribution < -0.4 is 0 Å². The maximum atomic E-state index is 13.0. The Morgan fingerprint density at radius 1 is 1.24 bits per heavy atom. The molecule has 2 bridgehead atoms. The Bertz CT molecular complexity index is 329. The summed E-state index contributed by atoms with van der Waals surface area (Å²) in [5.41, 5.74) is 0. The van der Waals surface area contributed by atoms with Crippen molar-refractivity contribution in [1.29, 1.82) is 0 Å². The van der Waals surface area contributed by atoms with Crippen LogP contribution in [0.2, 0.25) is 0 Å². The molecule has 98 valence electrons. The zero-order valence-electron chi connectivity index (χ0n) is 9.96. The monoisotopic (exact) mass is 310 g/mol. The Kier molecular flexibility index (Phi) is 2.63. The third-order valence-electron chi connectivity index (χ3n) is 4.33. The molecule has 0 aromatic carbocycles. The predicted molar refractivity (Wildman–Crippen MR) is 62.0 cm³/mol. The molecule has 5 unspecified atom stereocenters. The Morgan fingerprint density at radius 2 is 1.88 bits per heavy atom. The van der Waals surface area contributed by atoms with Crippen LogP contribution in [0.3, 0.4) is 0 Å². The molecule has 0 N–H and O–H groups in total. The Hall–Kier alpha value is 0.260. The number of fused-ring (bicyclic) bond motifs is 5. The van der Waals surface area contributed by atoms with E-state index >= 15 is 0 Å². The molecule has 0 amide bonds. The van der Waals surface area contributed by atoms with Crippen molar-refractivity contribution in [2.24, 2.45) is 17.8 Å². The highest BCUT2D eigenvalue weighted by atomic mass is 79.9. The van der Waals surface area contributed by atoms with E-state index in [0.717, 1.165) is 12.8 Å². The van der Waals surface area contributed by atoms with Gasteiger partial charge in [-0.1, -0.05) is 0 Å². The fraction of sp³-hybridized carbons (Fsp3) is 1.00. The SMILES string of the molecule is CC1(C)OC2C3CC(CC(F)(F)Br)C(C3)C2O1. The summed E-state index contributed by atoms with van der Waals surface area (Å²) in [7, 11) is 0. The zero-order chi connectivity index (χ0) is 12.4. The third-order valence-corrected chi connectivity index (χ3v) is 4.65. The van der Waals surface area contributed by atoms with Gasteiger partial charge in [-0.15, -0.1) is 0 Å². The molecule has 2 nitrogen and oxygen atoms in total. The number of hydrogen-bond acceptors (Lipinski definition) is 2. The van der Waals surface area contributed by atoms with E-state index in [1.54, 1.807) is 0 Å². The number of rotatable bonds is 2. The Balaban J connectivity index is 1.72. The van der Waals surface area contributed by atoms with E-state index in [0.29, 0.717) is 5.92 Å². The largest absolute Gasteiger partial charge is 0.344 e. The van der Waals surface area contributed by atoms with Gasteiger partial charge in [-0.2, -0.15) is 8.78 Å². The second-order valence-corrected chi connectivity index (χ2v) is 7.20. The highest BCUT2D eigenvalue weighted by Crippen LogP contribution is 2.57. The fourth-order valence-electron chi connectivity index (χ4n) is 3.92. The molecule has 1 aliphatic heterocycles. The molecule has 2 aliphatic carbocycles. The van der Waals surface area contributed by atoms with Gasteiger partial charge in [0.2, 0.25) is 0 Å². The summed E-state index contributed by atoms with van der Waals surface area (Å²) in [5, 5.41) is 0. The molecule has 3 aliphatic rings. The van der Waals surface area contributed by atoms with E-state index in [4.69, 9.17) is 9.47 Å². The van der Waals surface area contributed by atoms with E-state index in [9.17, 15) is 8.78 Å². The minimum absolute atomic E-state index is 0.0311. The second kappa shape index (κ2) is 3.64. The molecule has 5 heteroatoms. The van der Waals surface area contributed by atoms with Gasteiger partial charge < -0.3 is 9.47 Å². The molecule has 0 spiro atoms. The molecule has 17 heavy (non-hydrogen) atoms. The summed E-state index contributed by atoms with van der Waals surface area (Å²) >= 11 is 2.45. The van der Waals surface area contributed by atoms with Crippen molar-refractivity contribution in [3.63, 3.8) is 0 Å². The summed E-state index contributed by atoms with van der Waals surface area (Å²) in [5.74, 6) is 0.174. The molecular weight excluding hydrogens is 294 g/mol. The molecule has 0 aromatic rings. The normalized spacial score (nSPS) is 47.5. The summed E-state index contributed by atoms with van der Waals surface area (Å²) in [6.45, 7) is 3.80. The molecule has 3 fully saturated rings. The quantitative estimate of drug-likeness (QED) is 0.726. The lowest BCUT2D eigenvalue weighted by Crippen LogP contribution is -2.35. The van der Waals surface area contributed by atoms with Crippen molar-refractivity contribution < 1.29 is 18.3 Å². The molecule has 3 rings (SSSR count). The molecule has 0 aromatic heterocycles. The highest BCUT2D eigenvalue weighted by Gasteiger charge is 2.60. The molecule has 5 atom stereocenters. The van der Waals surface area contributed by atoms with Gasteiger partial charge in [0.05, 0.1) is 12.2 Å². The van der Waals surface area contributed by atoms with Crippen LogP contribution in [0.15, 0.2) is 0 Å². The van der Waals surface area contributed by atoms with Crippen LogP contribution in [0, 0.1) is 17.8 Å². The van der Waals surface area contributed by atoms with Crippen molar-refractivity contribution in [3.05, 3.63) is 0 Å². The van der Waals surface area contributed by atoms with Crippen molar-refractivity contribution in [2.45, 2.75) is 55.9 Å². The van der Waals surface area contributed by atoms with E-state index < -0.39 is 10.6 Å². The minimum Gasteiger partial charge on any atom is -0.344 e. The van der Waals surface area contributed by atoms with Crippen LogP contribution in [0.4, 0.5) is 8.78 Å². The maximum absolute atomic E-state index is 13.0. The Morgan fingerprint density at radius 3 is 2.53 bits per heavy atom. The first-order valence-electron chi connectivity index (χ1n) is 6.17. The average Bonchev–Trinajstić information content (AvgIpc) is 2.69. The number of alkyl halides is 3. The third kappa shape index (κ3) is 2.15. The van der Waals surface area contributed by atoms with E-state index in [2.05, 4.69) is 15.9 Å². The maximum Gasteiger partial charge on any atom is 0.301 e. The molecular formula is C12H17BrF2O2. The molecule has 1 saturated heterocycles. The van der Waals surface area contributed by atoms with Gasteiger partial charge >= 0.3 is 4.83 Å². The van der Waals surface area contributed by atoms with Gasteiger partial charge in [-0.05, 0) is 60.4 Å². The topological polar surface area (TPSA) is 18.5 Å². The lowest BCUT2D eigenvalue weighted by Gasteiger charge is -2.30. The van der Waals surface area contributed by atoms with Crippen LogP contribution in [0.5, 0.6) is 0 Å². The van der Waals surface area contributed by atoms with Gasteiger partial charge in [0.25, 0.3) is 0 Å². The van der Waals surface area contributed by atoms with Gasteiger partial charge in [0.1, 0.15) is 0 Å². The van der Waals surface area contributed by atoms with Gasteiger partial charge in [-0.3, -0.25) is 0 Å². The fourth-order valence-corrected chi connectivity index (χ4v) is 4.33. The van der Waals surface area contributed by atoms with Gasteiger partial charge in [-0.25, -0.2) is 0 Å².